The minimum Gasteiger partial charge on any atom is -0.478 e. The summed E-state index contributed by atoms with van der Waals surface area (Å²) in [5, 5.41) is 8.57. The van der Waals surface area contributed by atoms with Crippen molar-refractivity contribution < 1.29 is 9.90 Å². The number of pyridine rings is 1. The number of carboxylic acids is 1. The number of likely N-dealkylation sites (N-methyl/N-ethyl adjacent to an activating group) is 1. The normalized spacial score (nSPS) is 13.3. The molecule has 1 aromatic heterocycles. The average Bonchev–Trinajstić information content (AvgIpc) is 2.18. The molecule has 0 aliphatic rings. The molecule has 0 saturated carbocycles. The van der Waals surface area contributed by atoms with Gasteiger partial charge in [-0.05, 0) is 26.2 Å². The van der Waals surface area contributed by atoms with Gasteiger partial charge >= 0.3 is 5.97 Å². The van der Waals surface area contributed by atoms with Crippen molar-refractivity contribution >= 4 is 5.97 Å². The Bertz CT molecular complexity index is 347. The van der Waals surface area contributed by atoms with Gasteiger partial charge in [-0.1, -0.05) is 12.1 Å². The Morgan fingerprint density at radius 3 is 2.73 bits per heavy atom. The predicted octanol–water partition coefficient (Wildman–Crippen LogP) is 1.33. The monoisotopic (exact) mass is 206 g/mol. The van der Waals surface area contributed by atoms with Crippen LogP contribution in [0.1, 0.15) is 11.7 Å². The van der Waals surface area contributed by atoms with Crippen molar-refractivity contribution in [2.75, 3.05) is 14.1 Å². The van der Waals surface area contributed by atoms with E-state index in [4.69, 9.17) is 5.11 Å². The molecule has 0 spiro atoms. The van der Waals surface area contributed by atoms with E-state index in [-0.39, 0.29) is 6.04 Å². The molecule has 1 heterocycles. The molecule has 0 radical (unpaired) electrons. The van der Waals surface area contributed by atoms with Crippen molar-refractivity contribution in [3.63, 3.8) is 0 Å². The van der Waals surface area contributed by atoms with Gasteiger partial charge in [-0.2, -0.15) is 0 Å². The fraction of sp³-hybridized carbons (Fsp3) is 0.273. The molecule has 4 heteroatoms. The quantitative estimate of drug-likeness (QED) is 0.755. The highest BCUT2D eigenvalue weighted by molar-refractivity contribution is 5.79. The molecule has 0 bridgehead atoms. The maximum absolute atomic E-state index is 10.4. The second-order valence-electron chi connectivity index (χ2n) is 3.36. The van der Waals surface area contributed by atoms with Crippen LogP contribution in [0.4, 0.5) is 0 Å². The molecule has 1 rings (SSSR count). The molecular formula is C11H14N2O2. The SMILES string of the molecule is CN(C)C(/C=C/C(=O)O)c1ccccn1. The van der Waals surface area contributed by atoms with E-state index < -0.39 is 5.97 Å². The van der Waals surface area contributed by atoms with E-state index in [2.05, 4.69) is 4.98 Å². The molecular weight excluding hydrogens is 192 g/mol. The number of aromatic nitrogens is 1. The van der Waals surface area contributed by atoms with E-state index in [1.54, 1.807) is 12.3 Å². The second-order valence-corrected chi connectivity index (χ2v) is 3.36. The lowest BCUT2D eigenvalue weighted by Gasteiger charge is -2.19. The molecule has 4 nitrogen and oxygen atoms in total. The largest absolute Gasteiger partial charge is 0.478 e. The Balaban J connectivity index is 2.89. The highest BCUT2D eigenvalue weighted by Crippen LogP contribution is 2.16. The van der Waals surface area contributed by atoms with Gasteiger partial charge in [-0.3, -0.25) is 9.88 Å². The number of aliphatic carboxylic acids is 1. The summed E-state index contributed by atoms with van der Waals surface area (Å²) >= 11 is 0. The molecule has 1 unspecified atom stereocenters. The highest BCUT2D eigenvalue weighted by Gasteiger charge is 2.11. The lowest BCUT2D eigenvalue weighted by atomic mass is 10.1. The predicted molar refractivity (Wildman–Crippen MR) is 57.4 cm³/mol. The molecule has 0 fully saturated rings. The first-order valence-corrected chi connectivity index (χ1v) is 4.59. The minimum absolute atomic E-state index is 0.109. The summed E-state index contributed by atoms with van der Waals surface area (Å²) in [7, 11) is 3.76. The average molecular weight is 206 g/mol. The van der Waals surface area contributed by atoms with Crippen molar-refractivity contribution in [3.8, 4) is 0 Å². The van der Waals surface area contributed by atoms with Crippen LogP contribution in [-0.2, 0) is 4.79 Å². The third kappa shape index (κ3) is 3.52. The van der Waals surface area contributed by atoms with Gasteiger partial charge in [0.2, 0.25) is 0 Å². The third-order valence-corrected chi connectivity index (χ3v) is 1.97. The van der Waals surface area contributed by atoms with Crippen LogP contribution in [0.3, 0.4) is 0 Å². The van der Waals surface area contributed by atoms with E-state index >= 15 is 0 Å². The zero-order chi connectivity index (χ0) is 11.3. The number of rotatable bonds is 4. The van der Waals surface area contributed by atoms with Crippen LogP contribution in [-0.4, -0.2) is 35.1 Å². The van der Waals surface area contributed by atoms with Crippen LogP contribution in [0.5, 0.6) is 0 Å². The molecule has 0 aliphatic carbocycles. The van der Waals surface area contributed by atoms with E-state index in [9.17, 15) is 4.79 Å². The maximum Gasteiger partial charge on any atom is 0.328 e. The van der Waals surface area contributed by atoms with Crippen molar-refractivity contribution in [1.82, 2.24) is 9.88 Å². The molecule has 15 heavy (non-hydrogen) atoms. The van der Waals surface area contributed by atoms with Crippen LogP contribution in [0, 0.1) is 0 Å². The van der Waals surface area contributed by atoms with Gasteiger partial charge in [0.05, 0.1) is 11.7 Å². The Kier molecular flexibility index (Phi) is 4.00. The molecule has 80 valence electrons. The van der Waals surface area contributed by atoms with Crippen LogP contribution < -0.4 is 0 Å². The van der Waals surface area contributed by atoms with Gasteiger partial charge in [0, 0.05) is 12.3 Å². The molecule has 1 aromatic rings. The summed E-state index contributed by atoms with van der Waals surface area (Å²) in [6, 6.07) is 5.48. The number of hydrogen-bond acceptors (Lipinski definition) is 3. The van der Waals surface area contributed by atoms with Crippen LogP contribution in [0.15, 0.2) is 36.5 Å². The first kappa shape index (κ1) is 11.4. The lowest BCUT2D eigenvalue weighted by molar-refractivity contribution is -0.131. The van der Waals surface area contributed by atoms with Gasteiger partial charge in [0.1, 0.15) is 0 Å². The fourth-order valence-electron chi connectivity index (χ4n) is 1.26. The Hall–Kier alpha value is -1.68. The number of hydrogen-bond donors (Lipinski definition) is 1. The van der Waals surface area contributed by atoms with Gasteiger partial charge in [0.15, 0.2) is 0 Å². The van der Waals surface area contributed by atoms with E-state index in [0.717, 1.165) is 11.8 Å². The maximum atomic E-state index is 10.4. The Morgan fingerprint density at radius 1 is 1.53 bits per heavy atom. The number of carbonyl (C=O) groups is 1. The van der Waals surface area contributed by atoms with Crippen LogP contribution in [0.25, 0.3) is 0 Å². The first-order valence-electron chi connectivity index (χ1n) is 4.59. The van der Waals surface area contributed by atoms with Gasteiger partial charge in [0.25, 0.3) is 0 Å². The Labute approximate surface area is 88.9 Å². The molecule has 0 amide bonds. The standard InChI is InChI=1S/C11H14N2O2/c1-13(2)10(6-7-11(14)15)9-5-3-4-8-12-9/h3-8,10H,1-2H3,(H,14,15)/b7-6+. The second kappa shape index (κ2) is 5.26. The van der Waals surface area contributed by atoms with Gasteiger partial charge < -0.3 is 5.11 Å². The highest BCUT2D eigenvalue weighted by atomic mass is 16.4. The Morgan fingerprint density at radius 2 is 2.27 bits per heavy atom. The summed E-state index contributed by atoms with van der Waals surface area (Å²) in [5.74, 6) is -0.946. The van der Waals surface area contributed by atoms with E-state index in [1.807, 2.05) is 37.2 Å². The van der Waals surface area contributed by atoms with Gasteiger partial charge in [-0.15, -0.1) is 0 Å². The molecule has 1 atom stereocenters. The number of nitrogens with zero attached hydrogens (tertiary/aromatic N) is 2. The minimum atomic E-state index is -0.946. The van der Waals surface area contributed by atoms with Crippen molar-refractivity contribution in [1.29, 1.82) is 0 Å². The van der Waals surface area contributed by atoms with E-state index in [0.29, 0.717) is 0 Å². The summed E-state index contributed by atoms with van der Waals surface area (Å²) in [6.07, 6.45) is 4.45. The third-order valence-electron chi connectivity index (χ3n) is 1.97. The summed E-state index contributed by atoms with van der Waals surface area (Å²) in [4.78, 5) is 16.5. The molecule has 0 aromatic carbocycles. The zero-order valence-corrected chi connectivity index (χ0v) is 8.79. The zero-order valence-electron chi connectivity index (χ0n) is 8.79. The van der Waals surface area contributed by atoms with Gasteiger partial charge in [-0.25, -0.2) is 4.79 Å². The van der Waals surface area contributed by atoms with Crippen LogP contribution in [0.2, 0.25) is 0 Å². The van der Waals surface area contributed by atoms with Crippen LogP contribution >= 0.6 is 0 Å². The molecule has 0 saturated heterocycles. The fourth-order valence-corrected chi connectivity index (χ4v) is 1.26. The summed E-state index contributed by atoms with van der Waals surface area (Å²) < 4.78 is 0. The van der Waals surface area contributed by atoms with Crippen molar-refractivity contribution in [3.05, 3.63) is 42.2 Å². The summed E-state index contributed by atoms with van der Waals surface area (Å²) in [6.45, 7) is 0. The first-order chi connectivity index (χ1) is 7.11. The topological polar surface area (TPSA) is 53.4 Å². The summed E-state index contributed by atoms with van der Waals surface area (Å²) in [5.41, 5.74) is 0.833. The van der Waals surface area contributed by atoms with E-state index in [1.165, 1.54) is 0 Å². The van der Waals surface area contributed by atoms with Crippen molar-refractivity contribution in [2.45, 2.75) is 6.04 Å². The number of carboxylic acid groups (broad SMARTS) is 1. The molecule has 1 N–H and O–H groups in total. The van der Waals surface area contributed by atoms with Crippen molar-refractivity contribution in [2.24, 2.45) is 0 Å². The molecule has 0 aliphatic heterocycles. The smallest absolute Gasteiger partial charge is 0.328 e. The lowest BCUT2D eigenvalue weighted by Crippen LogP contribution is -2.19.